The number of amides is 1. The monoisotopic (exact) mass is 298 g/mol. The molecule has 118 valence electrons. The molecule has 0 aromatic heterocycles. The minimum atomic E-state index is -0.879. The molecule has 0 fully saturated rings. The second-order valence-corrected chi connectivity index (χ2v) is 5.72. The molecule has 3 nitrogen and oxygen atoms in total. The second-order valence-electron chi connectivity index (χ2n) is 5.72. The van der Waals surface area contributed by atoms with Crippen molar-refractivity contribution in [1.82, 2.24) is 4.90 Å². The summed E-state index contributed by atoms with van der Waals surface area (Å²) in [5, 5.41) is 0. The van der Waals surface area contributed by atoms with Gasteiger partial charge in [0.2, 0.25) is 5.91 Å². The van der Waals surface area contributed by atoms with Crippen molar-refractivity contribution in [1.29, 1.82) is 0 Å². The minimum absolute atomic E-state index is 0.0564. The van der Waals surface area contributed by atoms with Crippen LogP contribution in [0.4, 0.5) is 8.78 Å². The number of hydrogen-bond donors (Lipinski definition) is 1. The van der Waals surface area contributed by atoms with Crippen LogP contribution in [0, 0.1) is 17.6 Å². The fourth-order valence-corrected chi connectivity index (χ4v) is 1.97. The van der Waals surface area contributed by atoms with Crippen LogP contribution in [0.5, 0.6) is 0 Å². The van der Waals surface area contributed by atoms with Crippen molar-refractivity contribution in [2.24, 2.45) is 11.7 Å². The molecule has 0 aliphatic carbocycles. The highest BCUT2D eigenvalue weighted by molar-refractivity contribution is 5.76. The van der Waals surface area contributed by atoms with Gasteiger partial charge in [-0.2, -0.15) is 0 Å². The zero-order valence-corrected chi connectivity index (χ0v) is 12.9. The standard InChI is InChI=1S/C16H24F2N2O/c1-11(2)14(19)9-10-20(3)15(21)8-7-12-5-4-6-13(17)16(12)18/h4-6,11,14H,7-10,19H2,1-3H3. The van der Waals surface area contributed by atoms with Gasteiger partial charge < -0.3 is 10.6 Å². The van der Waals surface area contributed by atoms with E-state index in [2.05, 4.69) is 0 Å². The van der Waals surface area contributed by atoms with E-state index in [0.29, 0.717) is 12.5 Å². The summed E-state index contributed by atoms with van der Waals surface area (Å²) in [6.07, 6.45) is 1.09. The molecule has 1 amide bonds. The van der Waals surface area contributed by atoms with E-state index in [-0.39, 0.29) is 30.4 Å². The third-order valence-electron chi connectivity index (χ3n) is 3.72. The SMILES string of the molecule is CC(C)C(N)CCN(C)C(=O)CCc1cccc(F)c1F. The summed E-state index contributed by atoms with van der Waals surface area (Å²) in [6.45, 7) is 4.66. The molecule has 1 aromatic carbocycles. The molecular weight excluding hydrogens is 274 g/mol. The number of halogens is 2. The Morgan fingerprint density at radius 1 is 1.33 bits per heavy atom. The lowest BCUT2D eigenvalue weighted by Gasteiger charge is -2.21. The fraction of sp³-hybridized carbons (Fsp3) is 0.562. The Bertz CT molecular complexity index is 477. The van der Waals surface area contributed by atoms with Crippen molar-refractivity contribution >= 4 is 5.91 Å². The first-order valence-corrected chi connectivity index (χ1v) is 7.25. The molecular formula is C16H24F2N2O. The normalized spacial score (nSPS) is 12.5. The van der Waals surface area contributed by atoms with E-state index in [4.69, 9.17) is 5.73 Å². The average Bonchev–Trinajstić information content (AvgIpc) is 2.45. The van der Waals surface area contributed by atoms with Gasteiger partial charge >= 0.3 is 0 Å². The Morgan fingerprint density at radius 2 is 2.00 bits per heavy atom. The summed E-state index contributed by atoms with van der Waals surface area (Å²) < 4.78 is 26.5. The van der Waals surface area contributed by atoms with E-state index in [1.807, 2.05) is 13.8 Å². The molecule has 0 bridgehead atoms. The lowest BCUT2D eigenvalue weighted by atomic mass is 10.0. The summed E-state index contributed by atoms with van der Waals surface area (Å²) in [5.41, 5.74) is 6.17. The van der Waals surface area contributed by atoms with Crippen molar-refractivity contribution in [3.05, 3.63) is 35.4 Å². The highest BCUT2D eigenvalue weighted by atomic mass is 19.2. The first kappa shape index (κ1) is 17.6. The van der Waals surface area contributed by atoms with Crippen molar-refractivity contribution in [3.8, 4) is 0 Å². The van der Waals surface area contributed by atoms with Crippen LogP contribution in [0.25, 0.3) is 0 Å². The minimum Gasteiger partial charge on any atom is -0.346 e. The molecule has 1 atom stereocenters. The first-order chi connectivity index (χ1) is 9.82. The number of carbonyl (C=O) groups excluding carboxylic acids is 1. The third kappa shape index (κ3) is 5.42. The smallest absolute Gasteiger partial charge is 0.222 e. The van der Waals surface area contributed by atoms with Crippen LogP contribution in [-0.4, -0.2) is 30.4 Å². The van der Waals surface area contributed by atoms with E-state index in [1.54, 1.807) is 11.9 Å². The zero-order chi connectivity index (χ0) is 16.0. The molecule has 21 heavy (non-hydrogen) atoms. The highest BCUT2D eigenvalue weighted by Gasteiger charge is 2.14. The van der Waals surface area contributed by atoms with Crippen molar-refractivity contribution in [2.75, 3.05) is 13.6 Å². The lowest BCUT2D eigenvalue weighted by Crippen LogP contribution is -2.34. The maximum Gasteiger partial charge on any atom is 0.222 e. The number of nitrogens with two attached hydrogens (primary N) is 1. The van der Waals surface area contributed by atoms with Gasteiger partial charge in [-0.3, -0.25) is 4.79 Å². The molecule has 1 aromatic rings. The summed E-state index contributed by atoms with van der Waals surface area (Å²) in [7, 11) is 1.71. The van der Waals surface area contributed by atoms with Gasteiger partial charge in [0.05, 0.1) is 0 Å². The van der Waals surface area contributed by atoms with E-state index >= 15 is 0 Å². The molecule has 1 unspecified atom stereocenters. The highest BCUT2D eigenvalue weighted by Crippen LogP contribution is 2.14. The largest absolute Gasteiger partial charge is 0.346 e. The zero-order valence-electron chi connectivity index (χ0n) is 12.9. The van der Waals surface area contributed by atoms with Gasteiger partial charge in [-0.1, -0.05) is 26.0 Å². The number of carbonyl (C=O) groups is 1. The maximum absolute atomic E-state index is 13.5. The molecule has 0 spiro atoms. The first-order valence-electron chi connectivity index (χ1n) is 7.25. The fourth-order valence-electron chi connectivity index (χ4n) is 1.97. The van der Waals surface area contributed by atoms with Crippen LogP contribution in [0.1, 0.15) is 32.3 Å². The van der Waals surface area contributed by atoms with Crippen LogP contribution < -0.4 is 5.73 Å². The number of aryl methyl sites for hydroxylation is 1. The van der Waals surface area contributed by atoms with Gasteiger partial charge in [-0.25, -0.2) is 8.78 Å². The number of nitrogens with zero attached hydrogens (tertiary/aromatic N) is 1. The number of hydrogen-bond acceptors (Lipinski definition) is 2. The van der Waals surface area contributed by atoms with E-state index < -0.39 is 11.6 Å². The number of rotatable bonds is 7. The summed E-state index contributed by atoms with van der Waals surface area (Å²) in [5.74, 6) is -1.46. The second kappa shape index (κ2) is 8.08. The maximum atomic E-state index is 13.5. The van der Waals surface area contributed by atoms with Gasteiger partial charge in [-0.05, 0) is 30.4 Å². The Kier molecular flexibility index (Phi) is 6.75. The van der Waals surface area contributed by atoms with Gasteiger partial charge in [0, 0.05) is 26.1 Å². The van der Waals surface area contributed by atoms with Crippen LogP contribution in [0.2, 0.25) is 0 Å². The van der Waals surface area contributed by atoms with Gasteiger partial charge in [0.1, 0.15) is 0 Å². The molecule has 0 aliphatic heterocycles. The molecule has 0 saturated carbocycles. The summed E-state index contributed by atoms with van der Waals surface area (Å²) in [6, 6.07) is 4.07. The summed E-state index contributed by atoms with van der Waals surface area (Å²) in [4.78, 5) is 13.6. The number of benzene rings is 1. The summed E-state index contributed by atoms with van der Waals surface area (Å²) >= 11 is 0. The molecule has 0 heterocycles. The van der Waals surface area contributed by atoms with Crippen molar-refractivity contribution in [3.63, 3.8) is 0 Å². The lowest BCUT2D eigenvalue weighted by molar-refractivity contribution is -0.130. The Morgan fingerprint density at radius 3 is 2.62 bits per heavy atom. The van der Waals surface area contributed by atoms with E-state index in [9.17, 15) is 13.6 Å². The predicted octanol–water partition coefficient (Wildman–Crippen LogP) is 2.73. The van der Waals surface area contributed by atoms with Gasteiger partial charge in [0.15, 0.2) is 11.6 Å². The molecule has 0 aliphatic rings. The topological polar surface area (TPSA) is 46.3 Å². The van der Waals surface area contributed by atoms with E-state index in [1.165, 1.54) is 12.1 Å². The van der Waals surface area contributed by atoms with Crippen LogP contribution in [0.3, 0.4) is 0 Å². The van der Waals surface area contributed by atoms with Crippen LogP contribution >= 0.6 is 0 Å². The quantitative estimate of drug-likeness (QED) is 0.841. The van der Waals surface area contributed by atoms with Gasteiger partial charge in [0.25, 0.3) is 0 Å². The van der Waals surface area contributed by atoms with Crippen molar-refractivity contribution < 1.29 is 13.6 Å². The molecule has 5 heteroatoms. The van der Waals surface area contributed by atoms with Gasteiger partial charge in [-0.15, -0.1) is 0 Å². The third-order valence-corrected chi connectivity index (χ3v) is 3.72. The van der Waals surface area contributed by atoms with Crippen LogP contribution in [-0.2, 0) is 11.2 Å². The Balaban J connectivity index is 2.44. The van der Waals surface area contributed by atoms with Crippen LogP contribution in [0.15, 0.2) is 18.2 Å². The molecule has 1 rings (SSSR count). The average molecular weight is 298 g/mol. The van der Waals surface area contributed by atoms with E-state index in [0.717, 1.165) is 12.5 Å². The predicted molar refractivity (Wildman–Crippen MR) is 79.7 cm³/mol. The molecule has 2 N–H and O–H groups in total. The Labute approximate surface area is 125 Å². The molecule has 0 radical (unpaired) electrons. The van der Waals surface area contributed by atoms with Crippen molar-refractivity contribution in [2.45, 2.75) is 39.2 Å². The molecule has 0 saturated heterocycles. The Hall–Kier alpha value is -1.49.